The van der Waals surface area contributed by atoms with Gasteiger partial charge in [-0.3, -0.25) is 0 Å². The van der Waals surface area contributed by atoms with E-state index in [1.54, 1.807) is 6.07 Å². The van der Waals surface area contributed by atoms with Crippen molar-refractivity contribution in [3.63, 3.8) is 0 Å². The third-order valence-electron chi connectivity index (χ3n) is 4.45. The first-order valence-electron chi connectivity index (χ1n) is 6.96. The molecule has 2 rings (SSSR count). The van der Waals surface area contributed by atoms with E-state index in [2.05, 4.69) is 38.2 Å². The Labute approximate surface area is 119 Å². The number of likely N-dealkylation sites (N-methyl/N-ethyl adjacent to an activating group) is 2. The van der Waals surface area contributed by atoms with Crippen LogP contribution in [0.5, 0.6) is 0 Å². The highest BCUT2D eigenvalue weighted by Crippen LogP contribution is 2.35. The minimum Gasteiger partial charge on any atom is -0.456 e. The first-order chi connectivity index (χ1) is 9.43. The van der Waals surface area contributed by atoms with Gasteiger partial charge in [-0.15, -0.1) is 0 Å². The molecular formula is C16H23FN2O. The Morgan fingerprint density at radius 1 is 1.40 bits per heavy atom. The maximum absolute atomic E-state index is 13.8. The first-order valence-corrected chi connectivity index (χ1v) is 6.96. The van der Waals surface area contributed by atoms with E-state index in [1.165, 1.54) is 6.07 Å². The topological polar surface area (TPSA) is 28.4 Å². The molecule has 0 aliphatic rings. The molecule has 2 atom stereocenters. The fourth-order valence-corrected chi connectivity index (χ4v) is 2.73. The molecule has 0 saturated heterocycles. The summed E-state index contributed by atoms with van der Waals surface area (Å²) < 4.78 is 19.6. The molecule has 3 nitrogen and oxygen atoms in total. The van der Waals surface area contributed by atoms with Crippen molar-refractivity contribution in [2.45, 2.75) is 31.8 Å². The van der Waals surface area contributed by atoms with Crippen molar-refractivity contribution in [1.29, 1.82) is 0 Å². The molecule has 0 radical (unpaired) electrons. The normalized spacial score (nSPS) is 16.6. The maximum Gasteiger partial charge on any atom is 0.169 e. The molecule has 20 heavy (non-hydrogen) atoms. The van der Waals surface area contributed by atoms with Gasteiger partial charge < -0.3 is 14.6 Å². The van der Waals surface area contributed by atoms with Gasteiger partial charge in [0.2, 0.25) is 0 Å². The van der Waals surface area contributed by atoms with Crippen LogP contribution in [0.15, 0.2) is 28.7 Å². The van der Waals surface area contributed by atoms with Crippen LogP contribution in [0.2, 0.25) is 0 Å². The van der Waals surface area contributed by atoms with Crippen molar-refractivity contribution in [3.05, 3.63) is 35.8 Å². The lowest BCUT2D eigenvalue weighted by Gasteiger charge is -2.41. The van der Waals surface area contributed by atoms with E-state index in [0.717, 1.165) is 17.6 Å². The molecule has 1 aromatic heterocycles. The van der Waals surface area contributed by atoms with Crippen LogP contribution in [-0.2, 0) is 0 Å². The van der Waals surface area contributed by atoms with Crippen LogP contribution in [-0.4, -0.2) is 31.6 Å². The fourth-order valence-electron chi connectivity index (χ4n) is 2.73. The molecule has 1 N–H and O–H groups in total. The number of rotatable bonds is 5. The van der Waals surface area contributed by atoms with Gasteiger partial charge in [0.05, 0.1) is 6.04 Å². The summed E-state index contributed by atoms with van der Waals surface area (Å²) in [6, 6.07) is 6.92. The van der Waals surface area contributed by atoms with E-state index in [4.69, 9.17) is 4.42 Å². The van der Waals surface area contributed by atoms with E-state index >= 15 is 0 Å². The second-order valence-corrected chi connectivity index (χ2v) is 5.63. The van der Waals surface area contributed by atoms with Crippen molar-refractivity contribution in [2.75, 3.05) is 21.1 Å². The number of furan rings is 1. The van der Waals surface area contributed by atoms with Crippen LogP contribution < -0.4 is 5.32 Å². The van der Waals surface area contributed by atoms with Crippen LogP contribution in [0.4, 0.5) is 4.39 Å². The highest BCUT2D eigenvalue weighted by molar-refractivity contribution is 5.78. The molecule has 0 spiro atoms. The van der Waals surface area contributed by atoms with Crippen LogP contribution in [0.25, 0.3) is 11.0 Å². The Morgan fingerprint density at radius 2 is 2.10 bits per heavy atom. The van der Waals surface area contributed by atoms with Gasteiger partial charge in [0.15, 0.2) is 11.4 Å². The van der Waals surface area contributed by atoms with E-state index < -0.39 is 0 Å². The number of fused-ring (bicyclic) bond motifs is 1. The van der Waals surface area contributed by atoms with Gasteiger partial charge in [0.1, 0.15) is 5.76 Å². The van der Waals surface area contributed by atoms with Gasteiger partial charge in [-0.25, -0.2) is 4.39 Å². The van der Waals surface area contributed by atoms with Crippen LogP contribution >= 0.6 is 0 Å². The maximum atomic E-state index is 13.8. The SMILES string of the molecule is CCC(C)(C(NC)c1cc2cccc(F)c2o1)N(C)C. The number of benzene rings is 1. The summed E-state index contributed by atoms with van der Waals surface area (Å²) >= 11 is 0. The van der Waals surface area contributed by atoms with Crippen molar-refractivity contribution in [1.82, 2.24) is 10.2 Å². The number of hydrogen-bond acceptors (Lipinski definition) is 3. The van der Waals surface area contributed by atoms with Gasteiger partial charge in [-0.2, -0.15) is 0 Å². The van der Waals surface area contributed by atoms with Crippen LogP contribution in [0, 0.1) is 5.82 Å². The minimum atomic E-state index is -0.313. The Bertz CT molecular complexity index is 593. The van der Waals surface area contributed by atoms with Gasteiger partial charge in [-0.05, 0) is 46.6 Å². The summed E-state index contributed by atoms with van der Waals surface area (Å²) in [5.41, 5.74) is 0.221. The Balaban J connectivity index is 2.52. The highest BCUT2D eigenvalue weighted by atomic mass is 19.1. The highest BCUT2D eigenvalue weighted by Gasteiger charge is 2.37. The van der Waals surface area contributed by atoms with E-state index in [1.807, 2.05) is 19.2 Å². The fraction of sp³-hybridized carbons (Fsp3) is 0.500. The van der Waals surface area contributed by atoms with Gasteiger partial charge >= 0.3 is 0 Å². The lowest BCUT2D eigenvalue weighted by molar-refractivity contribution is 0.106. The van der Waals surface area contributed by atoms with Crippen molar-refractivity contribution < 1.29 is 8.81 Å². The lowest BCUT2D eigenvalue weighted by atomic mass is 9.86. The van der Waals surface area contributed by atoms with E-state index in [0.29, 0.717) is 5.58 Å². The third-order valence-corrected chi connectivity index (χ3v) is 4.45. The summed E-state index contributed by atoms with van der Waals surface area (Å²) in [7, 11) is 6.01. The predicted molar refractivity (Wildman–Crippen MR) is 80.4 cm³/mol. The summed E-state index contributed by atoms with van der Waals surface area (Å²) in [5.74, 6) is 0.456. The summed E-state index contributed by atoms with van der Waals surface area (Å²) in [4.78, 5) is 2.18. The molecule has 0 fully saturated rings. The Hall–Kier alpha value is -1.39. The summed E-state index contributed by atoms with van der Waals surface area (Å²) in [6.07, 6.45) is 0.949. The Kier molecular flexibility index (Phi) is 4.16. The molecule has 2 unspecified atom stereocenters. The number of nitrogens with one attached hydrogen (secondary N) is 1. The molecular weight excluding hydrogens is 255 g/mol. The molecule has 0 aliphatic heterocycles. The standard InChI is InChI=1S/C16H23FN2O/c1-6-16(2,19(4)5)15(18-3)13-10-11-8-7-9-12(17)14(11)20-13/h7-10,15,18H,6H2,1-5H3. The summed E-state index contributed by atoms with van der Waals surface area (Å²) in [6.45, 7) is 4.32. The molecule has 1 heterocycles. The zero-order valence-electron chi connectivity index (χ0n) is 12.8. The molecule has 0 aliphatic carbocycles. The van der Waals surface area contributed by atoms with Crippen LogP contribution in [0.3, 0.4) is 0 Å². The molecule has 1 aromatic carbocycles. The zero-order valence-corrected chi connectivity index (χ0v) is 12.8. The van der Waals surface area contributed by atoms with Crippen LogP contribution in [0.1, 0.15) is 32.1 Å². The smallest absolute Gasteiger partial charge is 0.169 e. The molecule has 110 valence electrons. The summed E-state index contributed by atoms with van der Waals surface area (Å²) in [5, 5.41) is 4.12. The van der Waals surface area contributed by atoms with Crippen molar-refractivity contribution >= 4 is 11.0 Å². The molecule has 2 aromatic rings. The van der Waals surface area contributed by atoms with Gasteiger partial charge in [0, 0.05) is 10.9 Å². The molecule has 0 bridgehead atoms. The van der Waals surface area contributed by atoms with Gasteiger partial charge in [0.25, 0.3) is 0 Å². The van der Waals surface area contributed by atoms with Gasteiger partial charge in [-0.1, -0.05) is 19.1 Å². The minimum absolute atomic E-state index is 0.00528. The zero-order chi connectivity index (χ0) is 14.9. The van der Waals surface area contributed by atoms with E-state index in [9.17, 15) is 4.39 Å². The first kappa shape index (κ1) is 15.0. The van der Waals surface area contributed by atoms with E-state index in [-0.39, 0.29) is 17.4 Å². The van der Waals surface area contributed by atoms with Crippen molar-refractivity contribution in [2.24, 2.45) is 0 Å². The molecule has 0 amide bonds. The lowest BCUT2D eigenvalue weighted by Crippen LogP contribution is -2.50. The largest absolute Gasteiger partial charge is 0.456 e. The number of para-hydroxylation sites is 1. The third kappa shape index (κ3) is 2.34. The Morgan fingerprint density at radius 3 is 2.60 bits per heavy atom. The quantitative estimate of drug-likeness (QED) is 0.906. The number of halogens is 1. The van der Waals surface area contributed by atoms with Crippen molar-refractivity contribution in [3.8, 4) is 0 Å². The molecule has 0 saturated carbocycles. The molecule has 4 heteroatoms. The predicted octanol–water partition coefficient (Wildman–Crippen LogP) is 3.56. The number of nitrogens with zero attached hydrogens (tertiary/aromatic N) is 1. The number of hydrogen-bond donors (Lipinski definition) is 1. The average molecular weight is 278 g/mol. The monoisotopic (exact) mass is 278 g/mol. The second-order valence-electron chi connectivity index (χ2n) is 5.63. The second kappa shape index (κ2) is 5.54. The average Bonchev–Trinajstić information content (AvgIpc) is 2.84.